The Labute approximate surface area is 449 Å². The Morgan fingerprint density at radius 2 is 0.512 bits per heavy atom. The molecule has 1 N–H and O–H groups in total. The number of para-hydroxylation sites is 12. The van der Waals surface area contributed by atoms with E-state index in [-0.39, 0.29) is 11.0 Å². The van der Waals surface area contributed by atoms with Crippen LogP contribution in [0.3, 0.4) is 0 Å². The fourth-order valence-electron chi connectivity index (χ4n) is 9.96. The number of ether oxygens (including phenoxy) is 3. The largest absolute Gasteiger partial charge is 0.453 e. The Hall–Kier alpha value is -11.5. The van der Waals surface area contributed by atoms with Crippen molar-refractivity contribution in [3.8, 4) is 34.5 Å². The predicted molar refractivity (Wildman–Crippen MR) is 297 cm³/mol. The molecule has 14 aromatic rings. The molecule has 0 amide bonds. The van der Waals surface area contributed by atoms with Crippen molar-refractivity contribution in [2.24, 2.45) is 0 Å². The highest BCUT2D eigenvalue weighted by atomic mass is 19.2. The van der Waals surface area contributed by atoms with Crippen molar-refractivity contribution >= 4 is 112 Å². The summed E-state index contributed by atoms with van der Waals surface area (Å²) in [5.74, 6) is 3.13. The van der Waals surface area contributed by atoms with Gasteiger partial charge in [0.1, 0.15) is 66.2 Å². The second kappa shape index (κ2) is 18.6. The van der Waals surface area contributed by atoms with Gasteiger partial charge in [0.25, 0.3) is 11.9 Å². The number of rotatable bonds is 2. The normalized spacial score (nSPS) is 12.5. The molecule has 0 radical (unpaired) electrons. The molecule has 3 aliphatic rings. The van der Waals surface area contributed by atoms with E-state index in [9.17, 15) is 8.78 Å². The molecular weight excluding hydrogens is 1020 g/mol. The van der Waals surface area contributed by atoms with Crippen LogP contribution in [0, 0.1) is 11.9 Å². The van der Waals surface area contributed by atoms with E-state index in [0.29, 0.717) is 89.8 Å². The Bertz CT molecular complexity index is 4410. The molecule has 0 atom stereocenters. The molecule has 380 valence electrons. The molecule has 0 bridgehead atoms. The van der Waals surface area contributed by atoms with Crippen LogP contribution < -0.4 is 29.3 Å². The zero-order valence-electron chi connectivity index (χ0n) is 41.2. The number of halogens is 2. The fraction of sp³-hybridized carbons (Fsp3) is 0. The SMILES string of the molecule is Fc1nc2c3nccnc3c3nccnc3c2nc1F.c1ccc2c(c1)Nc1ccccc1O2.c1ccc2c(c1)Oc1ccccc1N2c1nc2c3nccnc3c3nccnc3c2nc1N1c2ccccc2Oc2ccccc21. The molecule has 3 aliphatic heterocycles. The molecule has 8 aromatic carbocycles. The zero-order chi connectivity index (χ0) is 53.3. The molecule has 9 heterocycles. The van der Waals surface area contributed by atoms with E-state index in [1.807, 2.05) is 146 Å². The summed E-state index contributed by atoms with van der Waals surface area (Å²) in [4.78, 5) is 57.6. The van der Waals surface area contributed by atoms with Gasteiger partial charge in [0, 0.05) is 49.6 Å². The minimum atomic E-state index is -1.28. The van der Waals surface area contributed by atoms with Crippen molar-refractivity contribution in [2.75, 3.05) is 15.1 Å². The Morgan fingerprint density at radius 1 is 0.275 bits per heavy atom. The van der Waals surface area contributed by atoms with Gasteiger partial charge in [-0.2, -0.15) is 8.78 Å². The summed E-state index contributed by atoms with van der Waals surface area (Å²) in [6.45, 7) is 0. The van der Waals surface area contributed by atoms with E-state index in [1.165, 1.54) is 24.8 Å². The van der Waals surface area contributed by atoms with Crippen molar-refractivity contribution in [2.45, 2.75) is 0 Å². The molecule has 0 saturated heterocycles. The van der Waals surface area contributed by atoms with Gasteiger partial charge in [0.05, 0.1) is 34.1 Å². The van der Waals surface area contributed by atoms with E-state index in [0.717, 1.165) is 45.6 Å². The summed E-state index contributed by atoms with van der Waals surface area (Å²) in [6, 6.07) is 47.5. The number of fused-ring (bicyclic) bond motifs is 18. The minimum Gasteiger partial charge on any atom is -0.453 e. The first-order valence-corrected chi connectivity index (χ1v) is 24.9. The third-order valence-electron chi connectivity index (χ3n) is 13.4. The van der Waals surface area contributed by atoms with Crippen molar-refractivity contribution in [3.05, 3.63) is 207 Å². The Balaban J connectivity index is 0.000000132. The fourth-order valence-corrected chi connectivity index (χ4v) is 9.96. The van der Waals surface area contributed by atoms with Gasteiger partial charge in [0.15, 0.2) is 46.1 Å². The third kappa shape index (κ3) is 7.53. The molecule has 18 nitrogen and oxygen atoms in total. The molecule has 80 heavy (non-hydrogen) atoms. The molecule has 0 spiro atoms. The number of hydrogen-bond acceptors (Lipinski definition) is 18. The van der Waals surface area contributed by atoms with Crippen LogP contribution in [0.2, 0.25) is 0 Å². The van der Waals surface area contributed by atoms with Gasteiger partial charge in [-0.3, -0.25) is 49.7 Å². The lowest BCUT2D eigenvalue weighted by Crippen LogP contribution is -2.23. The maximum Gasteiger partial charge on any atom is 0.269 e. The maximum absolute atomic E-state index is 13.3. The van der Waals surface area contributed by atoms with E-state index in [4.69, 9.17) is 34.1 Å². The highest BCUT2D eigenvalue weighted by Gasteiger charge is 2.36. The van der Waals surface area contributed by atoms with Gasteiger partial charge in [-0.1, -0.05) is 72.8 Å². The maximum atomic E-state index is 13.3. The van der Waals surface area contributed by atoms with Gasteiger partial charge >= 0.3 is 0 Å². The minimum absolute atomic E-state index is 0.111. The lowest BCUT2D eigenvalue weighted by molar-refractivity contribution is 0.459. The second-order valence-electron chi connectivity index (χ2n) is 18.0. The highest BCUT2D eigenvalue weighted by molar-refractivity contribution is 6.19. The Morgan fingerprint density at radius 3 is 0.825 bits per heavy atom. The van der Waals surface area contributed by atoms with Crippen LogP contribution in [0.25, 0.3) is 66.2 Å². The number of aromatic nitrogens is 12. The van der Waals surface area contributed by atoms with Gasteiger partial charge in [-0.05, 0) is 72.8 Å². The summed E-state index contributed by atoms with van der Waals surface area (Å²) in [7, 11) is 0. The van der Waals surface area contributed by atoms with Crippen molar-refractivity contribution in [1.82, 2.24) is 59.8 Å². The highest BCUT2D eigenvalue weighted by Crippen LogP contribution is 2.56. The number of nitrogens with one attached hydrogen (secondary N) is 1. The first kappa shape index (κ1) is 45.8. The lowest BCUT2D eigenvalue weighted by atomic mass is 10.1. The number of hydrogen-bond donors (Lipinski definition) is 1. The van der Waals surface area contributed by atoms with Crippen LogP contribution in [0.15, 0.2) is 195 Å². The molecule has 0 saturated carbocycles. The zero-order valence-corrected chi connectivity index (χ0v) is 41.2. The first-order chi connectivity index (χ1) is 39.5. The standard InChI is InChI=1S/C36H20N8O2.C12H4F2N6.C12H9NO/c1-5-13-25-21(9-1)43(22-10-2-6-14-26(22)45-25)35-36(44-23-11-3-7-15-27(23)46-28-16-8-4-12-24(28)44)42-34-32-30(38-18-20-40-32)29-31(33(34)41-35)39-19-17-37-29;13-11-12(14)20-10-8-6(16-2-4-18-8)5-7(9(10)19-11)17-3-1-15-5;1-3-7-11-9(5-1)13-10-6-2-4-8-12(10)14-11/h1-20H;1-4H;1-8,13H. The quantitative estimate of drug-likeness (QED) is 0.160. The topological polar surface area (TPSA) is 201 Å². The van der Waals surface area contributed by atoms with Crippen LogP contribution in [0.5, 0.6) is 34.5 Å². The van der Waals surface area contributed by atoms with Gasteiger partial charge in [-0.15, -0.1) is 0 Å². The van der Waals surface area contributed by atoms with Crippen LogP contribution in [0.1, 0.15) is 0 Å². The molecule has 17 rings (SSSR count). The summed E-state index contributed by atoms with van der Waals surface area (Å²) in [5.41, 5.74) is 10.5. The van der Waals surface area contributed by atoms with Crippen LogP contribution >= 0.6 is 0 Å². The van der Waals surface area contributed by atoms with Gasteiger partial charge in [-0.25, -0.2) is 19.9 Å². The van der Waals surface area contributed by atoms with E-state index >= 15 is 0 Å². The van der Waals surface area contributed by atoms with Gasteiger partial charge < -0.3 is 19.5 Å². The molecule has 0 unspecified atom stereocenters. The average molecular weight is 1050 g/mol. The molecule has 6 aromatic heterocycles. The first-order valence-electron chi connectivity index (χ1n) is 24.9. The van der Waals surface area contributed by atoms with E-state index in [2.05, 4.69) is 55.0 Å². The monoisotopic (exact) mass is 1050 g/mol. The number of nitrogens with zero attached hydrogens (tertiary/aromatic N) is 14. The molecular formula is C60H33F2N15O3. The van der Waals surface area contributed by atoms with Crippen LogP contribution in [-0.2, 0) is 0 Å². The van der Waals surface area contributed by atoms with E-state index in [1.54, 1.807) is 24.8 Å². The van der Waals surface area contributed by atoms with Crippen molar-refractivity contribution < 1.29 is 23.0 Å². The van der Waals surface area contributed by atoms with Gasteiger partial charge in [0.2, 0.25) is 0 Å². The average Bonchev–Trinajstić information content (AvgIpc) is 3.61. The molecule has 0 aliphatic carbocycles. The van der Waals surface area contributed by atoms with Crippen LogP contribution in [0.4, 0.5) is 54.5 Å². The molecule has 20 heteroatoms. The summed E-state index contributed by atoms with van der Waals surface area (Å²) in [5, 5.41) is 3.32. The predicted octanol–water partition coefficient (Wildman–Crippen LogP) is 14.0. The van der Waals surface area contributed by atoms with Crippen molar-refractivity contribution in [1.29, 1.82) is 0 Å². The summed E-state index contributed by atoms with van der Waals surface area (Å²) in [6.07, 6.45) is 12.5. The number of benzene rings is 8. The van der Waals surface area contributed by atoms with E-state index < -0.39 is 11.9 Å². The van der Waals surface area contributed by atoms with Crippen LogP contribution in [-0.4, -0.2) is 59.8 Å². The smallest absolute Gasteiger partial charge is 0.269 e. The van der Waals surface area contributed by atoms with Crippen molar-refractivity contribution in [3.63, 3.8) is 0 Å². The second-order valence-corrected chi connectivity index (χ2v) is 18.0. The third-order valence-corrected chi connectivity index (χ3v) is 13.4. The number of anilines is 8. The summed E-state index contributed by atoms with van der Waals surface area (Å²) >= 11 is 0. The molecule has 0 fully saturated rings. The lowest BCUT2D eigenvalue weighted by Gasteiger charge is -2.37. The summed E-state index contributed by atoms with van der Waals surface area (Å²) < 4.78 is 45.2. The Kier molecular flexibility index (Phi) is 10.7.